The Hall–Kier alpha value is -3.64. The van der Waals surface area contributed by atoms with Crippen LogP contribution >= 0.6 is 0 Å². The number of nitriles is 1. The average molecular weight is 418 g/mol. The van der Waals surface area contributed by atoms with Crippen molar-refractivity contribution in [1.29, 1.82) is 5.26 Å². The first-order chi connectivity index (χ1) is 14.9. The van der Waals surface area contributed by atoms with Gasteiger partial charge in [-0.3, -0.25) is 9.78 Å². The molecular weight excluding hydrogens is 395 g/mol. The number of hydrogen-bond donors (Lipinski definition) is 3. The van der Waals surface area contributed by atoms with E-state index in [9.17, 15) is 9.65 Å². The molecule has 158 valence electrons. The number of rotatable bonds is 3. The van der Waals surface area contributed by atoms with Gasteiger partial charge in [0.15, 0.2) is 11.6 Å². The van der Waals surface area contributed by atoms with E-state index in [1.54, 1.807) is 17.9 Å². The summed E-state index contributed by atoms with van der Waals surface area (Å²) in [6.07, 6.45) is 1.76. The van der Waals surface area contributed by atoms with Gasteiger partial charge in [-0.15, -0.1) is 0 Å². The third kappa shape index (κ3) is 3.45. The molecule has 2 atom stereocenters. The highest BCUT2D eigenvalue weighted by atomic mass is 19.1. The minimum absolute atomic E-state index is 0.321. The van der Waals surface area contributed by atoms with Crippen LogP contribution in [0.2, 0.25) is 0 Å². The van der Waals surface area contributed by atoms with E-state index in [2.05, 4.69) is 50.7 Å². The Morgan fingerprint density at radius 2 is 1.97 bits per heavy atom. The first-order valence-corrected chi connectivity index (χ1v) is 10.2. The summed E-state index contributed by atoms with van der Waals surface area (Å²) in [5.74, 6) is 0.0768. The average Bonchev–Trinajstić information content (AvgIpc) is 3.30. The number of benzene rings is 2. The first kappa shape index (κ1) is 19.3. The molecule has 2 aromatic heterocycles. The van der Waals surface area contributed by atoms with Crippen LogP contribution in [0.1, 0.15) is 19.4 Å². The smallest absolute Gasteiger partial charge is 0.161 e. The molecule has 0 spiro atoms. The van der Waals surface area contributed by atoms with Gasteiger partial charge in [-0.05, 0) is 38.1 Å². The quantitative estimate of drug-likeness (QED) is 0.472. The maximum Gasteiger partial charge on any atom is 0.161 e. The molecule has 3 heterocycles. The molecule has 4 aromatic rings. The van der Waals surface area contributed by atoms with E-state index >= 15 is 0 Å². The largest absolute Gasteiger partial charge is 0.368 e. The molecule has 1 aliphatic rings. The first-order valence-electron chi connectivity index (χ1n) is 10.2. The monoisotopic (exact) mass is 418 g/mol. The molecule has 1 saturated heterocycles. The second kappa shape index (κ2) is 7.25. The van der Waals surface area contributed by atoms with Gasteiger partial charge in [-0.25, -0.2) is 4.39 Å². The van der Waals surface area contributed by atoms with Crippen molar-refractivity contribution in [1.82, 2.24) is 25.3 Å². The molecule has 0 unspecified atom stereocenters. The third-order valence-electron chi connectivity index (χ3n) is 5.63. The third-order valence-corrected chi connectivity index (χ3v) is 5.63. The molecule has 1 aliphatic heterocycles. The Labute approximate surface area is 178 Å². The predicted molar refractivity (Wildman–Crippen MR) is 119 cm³/mol. The molecule has 31 heavy (non-hydrogen) atoms. The number of aromatic amines is 1. The van der Waals surface area contributed by atoms with Gasteiger partial charge < -0.3 is 15.5 Å². The Balaban J connectivity index is 1.53. The van der Waals surface area contributed by atoms with Crippen LogP contribution in [-0.2, 0) is 7.05 Å². The van der Waals surface area contributed by atoms with Crippen molar-refractivity contribution in [3.05, 3.63) is 41.8 Å². The van der Waals surface area contributed by atoms with E-state index < -0.39 is 5.82 Å². The Morgan fingerprint density at radius 3 is 2.71 bits per heavy atom. The summed E-state index contributed by atoms with van der Waals surface area (Å²) in [6, 6.07) is 10.1. The zero-order chi connectivity index (χ0) is 21.7. The molecule has 2 aromatic carbocycles. The number of halogens is 1. The highest BCUT2D eigenvalue weighted by Gasteiger charge is 2.23. The highest BCUT2D eigenvalue weighted by Crippen LogP contribution is 2.33. The zero-order valence-corrected chi connectivity index (χ0v) is 17.6. The Morgan fingerprint density at radius 1 is 1.19 bits per heavy atom. The Kier molecular flexibility index (Phi) is 4.52. The van der Waals surface area contributed by atoms with Crippen LogP contribution in [-0.4, -0.2) is 45.2 Å². The molecule has 3 N–H and O–H groups in total. The summed E-state index contributed by atoms with van der Waals surface area (Å²) < 4.78 is 16.0. The zero-order valence-electron chi connectivity index (χ0n) is 17.6. The second-order valence-corrected chi connectivity index (χ2v) is 8.30. The van der Waals surface area contributed by atoms with E-state index in [1.165, 1.54) is 6.07 Å². The molecule has 0 saturated carbocycles. The van der Waals surface area contributed by atoms with E-state index in [4.69, 9.17) is 0 Å². The Bertz CT molecular complexity index is 1320. The van der Waals surface area contributed by atoms with Crippen molar-refractivity contribution < 1.29 is 4.39 Å². The van der Waals surface area contributed by atoms with Gasteiger partial charge in [0, 0.05) is 55.2 Å². The SMILES string of the molecule is C[C@H]1CN(c2cc(C#N)c3c(Nc4cc(F)c5nn(C)cc5c4)n[nH]c3c2)C[C@H](C)N1. The number of anilines is 3. The lowest BCUT2D eigenvalue weighted by Gasteiger charge is -2.37. The maximum atomic E-state index is 14.5. The number of piperazine rings is 1. The number of nitrogens with one attached hydrogen (secondary N) is 3. The van der Waals surface area contributed by atoms with Gasteiger partial charge in [0.2, 0.25) is 0 Å². The predicted octanol–water partition coefficient (Wildman–Crippen LogP) is 3.39. The summed E-state index contributed by atoms with van der Waals surface area (Å²) in [7, 11) is 1.75. The maximum absolute atomic E-state index is 14.5. The fraction of sp³-hybridized carbons (Fsp3) is 0.318. The number of hydrogen-bond acceptors (Lipinski definition) is 6. The number of nitrogens with zero attached hydrogens (tertiary/aromatic N) is 5. The van der Waals surface area contributed by atoms with Crippen molar-refractivity contribution in [2.24, 2.45) is 7.05 Å². The van der Waals surface area contributed by atoms with Crippen LogP contribution in [0.15, 0.2) is 30.5 Å². The molecule has 8 nitrogen and oxygen atoms in total. The fourth-order valence-electron chi connectivity index (χ4n) is 4.46. The lowest BCUT2D eigenvalue weighted by atomic mass is 10.1. The summed E-state index contributed by atoms with van der Waals surface area (Å²) in [4.78, 5) is 2.28. The van der Waals surface area contributed by atoms with Gasteiger partial charge in [0.05, 0.1) is 16.5 Å². The second-order valence-electron chi connectivity index (χ2n) is 8.30. The van der Waals surface area contributed by atoms with Crippen LogP contribution in [0.3, 0.4) is 0 Å². The molecular formula is C22H23FN8. The molecule has 0 amide bonds. The van der Waals surface area contributed by atoms with Crippen molar-refractivity contribution >= 4 is 39.0 Å². The lowest BCUT2D eigenvalue weighted by molar-refractivity contribution is 0.407. The lowest BCUT2D eigenvalue weighted by Crippen LogP contribution is -2.54. The molecule has 9 heteroatoms. The standard InChI is InChI=1S/C22H23FN8/c1-12-9-31(10-13(2)25-12)17-5-14(8-24)20-19(7-17)27-28-22(20)26-16-4-15-11-30(3)29-21(15)18(23)6-16/h4-7,11-13,25H,9-10H2,1-3H3,(H2,26,27,28)/t12-,13-/m0/s1. The van der Waals surface area contributed by atoms with Crippen LogP contribution in [0.5, 0.6) is 0 Å². The van der Waals surface area contributed by atoms with E-state index in [-0.39, 0.29) is 0 Å². The highest BCUT2D eigenvalue weighted by molar-refractivity contribution is 5.98. The summed E-state index contributed by atoms with van der Waals surface area (Å²) >= 11 is 0. The topological polar surface area (TPSA) is 97.6 Å². The molecule has 0 radical (unpaired) electrons. The van der Waals surface area contributed by atoms with E-state index in [0.29, 0.717) is 45.4 Å². The van der Waals surface area contributed by atoms with Crippen LogP contribution in [0.25, 0.3) is 21.8 Å². The van der Waals surface area contributed by atoms with Gasteiger partial charge in [-0.2, -0.15) is 15.5 Å². The van der Waals surface area contributed by atoms with Gasteiger partial charge in [0.25, 0.3) is 0 Å². The van der Waals surface area contributed by atoms with Crippen LogP contribution in [0, 0.1) is 17.1 Å². The van der Waals surface area contributed by atoms with Gasteiger partial charge in [-0.1, -0.05) is 0 Å². The number of H-pyrrole nitrogens is 1. The molecule has 5 rings (SSSR count). The van der Waals surface area contributed by atoms with Crippen molar-refractivity contribution in [3.8, 4) is 6.07 Å². The van der Waals surface area contributed by atoms with E-state index in [0.717, 1.165) is 24.3 Å². The van der Waals surface area contributed by atoms with E-state index in [1.807, 2.05) is 18.2 Å². The van der Waals surface area contributed by atoms with Gasteiger partial charge >= 0.3 is 0 Å². The molecule has 0 aliphatic carbocycles. The minimum Gasteiger partial charge on any atom is -0.368 e. The van der Waals surface area contributed by atoms with Crippen LogP contribution < -0.4 is 15.5 Å². The van der Waals surface area contributed by atoms with Crippen molar-refractivity contribution in [2.45, 2.75) is 25.9 Å². The molecule has 1 fully saturated rings. The summed E-state index contributed by atoms with van der Waals surface area (Å²) in [6.45, 7) is 6.04. The molecule has 0 bridgehead atoms. The number of aromatic nitrogens is 4. The number of aryl methyl sites for hydroxylation is 1. The van der Waals surface area contributed by atoms with Gasteiger partial charge in [0.1, 0.15) is 11.6 Å². The summed E-state index contributed by atoms with van der Waals surface area (Å²) in [5.41, 5.74) is 3.14. The normalized spacial score (nSPS) is 19.1. The van der Waals surface area contributed by atoms with Crippen molar-refractivity contribution in [2.75, 3.05) is 23.3 Å². The minimum atomic E-state index is -0.412. The fourth-order valence-corrected chi connectivity index (χ4v) is 4.46. The number of fused-ring (bicyclic) bond motifs is 2. The van der Waals surface area contributed by atoms with Crippen molar-refractivity contribution in [3.63, 3.8) is 0 Å². The van der Waals surface area contributed by atoms with Crippen LogP contribution in [0.4, 0.5) is 21.6 Å². The summed E-state index contributed by atoms with van der Waals surface area (Å²) in [5, 5.41) is 29.4.